The molecule has 2 amide bonds. The van der Waals surface area contributed by atoms with Gasteiger partial charge in [-0.1, -0.05) is 0 Å². The van der Waals surface area contributed by atoms with Crippen LogP contribution in [0.25, 0.3) is 11.0 Å². The normalized spacial score (nSPS) is 21.8. The zero-order chi connectivity index (χ0) is 26.6. The first-order valence-corrected chi connectivity index (χ1v) is 13.2. The van der Waals surface area contributed by atoms with E-state index in [4.69, 9.17) is 5.73 Å². The van der Waals surface area contributed by atoms with Gasteiger partial charge in [-0.2, -0.15) is 0 Å². The molecule has 6 rings (SSSR count). The van der Waals surface area contributed by atoms with Crippen LogP contribution in [0.5, 0.6) is 0 Å². The Morgan fingerprint density at radius 3 is 2.29 bits per heavy atom. The van der Waals surface area contributed by atoms with Crippen molar-refractivity contribution in [2.45, 2.75) is 44.6 Å². The maximum atomic E-state index is 15.2. The van der Waals surface area contributed by atoms with Crippen LogP contribution < -0.4 is 26.5 Å². The Morgan fingerprint density at radius 2 is 1.66 bits per heavy atom. The number of aromatic nitrogens is 3. The molecule has 3 N–H and O–H groups in total. The van der Waals surface area contributed by atoms with Crippen LogP contribution >= 0.6 is 0 Å². The Morgan fingerprint density at radius 1 is 0.974 bits per heavy atom. The van der Waals surface area contributed by atoms with Crippen LogP contribution in [0.1, 0.15) is 44.6 Å². The summed E-state index contributed by atoms with van der Waals surface area (Å²) < 4.78 is 17.9. The van der Waals surface area contributed by atoms with Crippen LogP contribution in [0.3, 0.4) is 0 Å². The van der Waals surface area contributed by atoms with Gasteiger partial charge in [0.25, 0.3) is 0 Å². The molecule has 3 saturated heterocycles. The minimum atomic E-state index is -0.917. The quantitative estimate of drug-likeness (QED) is 0.508. The van der Waals surface area contributed by atoms with E-state index in [9.17, 15) is 14.4 Å². The largest absolute Gasteiger partial charge is 0.384 e. The van der Waals surface area contributed by atoms with Crippen LogP contribution in [-0.4, -0.2) is 52.1 Å². The number of pyridine rings is 1. The van der Waals surface area contributed by atoms with Crippen molar-refractivity contribution in [1.82, 2.24) is 19.4 Å². The SMILES string of the molecule is Cn1c(=O)n(C2CCC(=O)NC2=O)c2c(F)ccc(N3CCC4(CCN(c5ccc(N)nc5)CC4)CC3)c21. The molecule has 0 radical (unpaired) electrons. The van der Waals surface area contributed by atoms with Gasteiger partial charge in [-0.05, 0) is 61.8 Å². The van der Waals surface area contributed by atoms with Crippen molar-refractivity contribution >= 4 is 40.0 Å². The molecule has 0 bridgehead atoms. The number of amides is 2. The number of nitrogens with one attached hydrogen (secondary N) is 1. The van der Waals surface area contributed by atoms with E-state index >= 15 is 4.39 Å². The Labute approximate surface area is 219 Å². The number of nitrogens with zero attached hydrogens (tertiary/aromatic N) is 5. The number of rotatable bonds is 3. The van der Waals surface area contributed by atoms with E-state index in [1.807, 2.05) is 18.3 Å². The fraction of sp³-hybridized carbons (Fsp3) is 0.481. The number of hydrogen-bond donors (Lipinski definition) is 2. The molecule has 10 nitrogen and oxygen atoms in total. The van der Waals surface area contributed by atoms with Gasteiger partial charge in [-0.3, -0.25) is 24.0 Å². The lowest BCUT2D eigenvalue weighted by Gasteiger charge is -2.48. The monoisotopic (exact) mass is 521 g/mol. The molecule has 3 fully saturated rings. The number of piperidine rings is 3. The van der Waals surface area contributed by atoms with Gasteiger partial charge in [-0.25, -0.2) is 14.2 Å². The predicted octanol–water partition coefficient (Wildman–Crippen LogP) is 2.32. The minimum Gasteiger partial charge on any atom is -0.384 e. The number of benzene rings is 1. The lowest BCUT2D eigenvalue weighted by molar-refractivity contribution is -0.135. The highest BCUT2D eigenvalue weighted by molar-refractivity contribution is 6.00. The molecule has 3 aliphatic rings. The first-order chi connectivity index (χ1) is 18.3. The Kier molecular flexibility index (Phi) is 5.88. The summed E-state index contributed by atoms with van der Waals surface area (Å²) in [7, 11) is 1.61. The lowest BCUT2D eigenvalue weighted by atomic mass is 9.71. The minimum absolute atomic E-state index is 0.112. The fourth-order valence-corrected chi connectivity index (χ4v) is 6.48. The van der Waals surface area contributed by atoms with E-state index in [0.29, 0.717) is 11.3 Å². The summed E-state index contributed by atoms with van der Waals surface area (Å²) in [4.78, 5) is 46.3. The summed E-state index contributed by atoms with van der Waals surface area (Å²) in [5.41, 5.74) is 8.04. The number of imide groups is 1. The van der Waals surface area contributed by atoms with Crippen LogP contribution in [0.15, 0.2) is 35.3 Å². The Bertz CT molecular complexity index is 1460. The van der Waals surface area contributed by atoms with Gasteiger partial charge < -0.3 is 15.5 Å². The van der Waals surface area contributed by atoms with Gasteiger partial charge in [0.2, 0.25) is 11.8 Å². The molecule has 1 spiro atoms. The molecule has 38 heavy (non-hydrogen) atoms. The second-order valence-corrected chi connectivity index (χ2v) is 10.9. The van der Waals surface area contributed by atoms with Crippen LogP contribution in [-0.2, 0) is 16.6 Å². The van der Waals surface area contributed by atoms with E-state index in [1.54, 1.807) is 13.1 Å². The third kappa shape index (κ3) is 4.00. The first kappa shape index (κ1) is 24.4. The van der Waals surface area contributed by atoms with Crippen molar-refractivity contribution in [1.29, 1.82) is 0 Å². The topological polar surface area (TPSA) is 118 Å². The summed E-state index contributed by atoms with van der Waals surface area (Å²) in [6.45, 7) is 3.55. The van der Waals surface area contributed by atoms with Gasteiger partial charge in [-0.15, -0.1) is 0 Å². The lowest BCUT2D eigenvalue weighted by Crippen LogP contribution is -2.47. The van der Waals surface area contributed by atoms with Crippen LogP contribution in [0.4, 0.5) is 21.6 Å². The van der Waals surface area contributed by atoms with Crippen LogP contribution in [0.2, 0.25) is 0 Å². The molecule has 0 aliphatic carbocycles. The Balaban J connectivity index is 1.23. The predicted molar refractivity (Wildman–Crippen MR) is 143 cm³/mol. The third-order valence-corrected chi connectivity index (χ3v) is 8.80. The second kappa shape index (κ2) is 9.14. The number of carbonyl (C=O) groups excluding carboxylic acids is 2. The van der Waals surface area contributed by atoms with E-state index in [0.717, 1.165) is 63.2 Å². The number of imidazole rings is 1. The van der Waals surface area contributed by atoms with Crippen molar-refractivity contribution in [2.24, 2.45) is 12.5 Å². The average molecular weight is 522 g/mol. The zero-order valence-corrected chi connectivity index (χ0v) is 21.5. The summed E-state index contributed by atoms with van der Waals surface area (Å²) in [6.07, 6.45) is 6.33. The third-order valence-electron chi connectivity index (χ3n) is 8.80. The highest BCUT2D eigenvalue weighted by atomic mass is 19.1. The molecule has 3 aromatic rings. The van der Waals surface area contributed by atoms with Crippen molar-refractivity contribution in [3.8, 4) is 0 Å². The molecular formula is C27H32FN7O3. The van der Waals surface area contributed by atoms with Gasteiger partial charge in [0.15, 0.2) is 0 Å². The summed E-state index contributed by atoms with van der Waals surface area (Å²) in [6, 6.07) is 6.06. The average Bonchev–Trinajstić information content (AvgIpc) is 3.17. The number of nitrogens with two attached hydrogens (primary N) is 1. The molecule has 2 aromatic heterocycles. The van der Waals surface area contributed by atoms with Gasteiger partial charge in [0, 0.05) is 39.6 Å². The number of anilines is 3. The van der Waals surface area contributed by atoms with Crippen molar-refractivity contribution in [3.05, 3.63) is 46.8 Å². The Hall–Kier alpha value is -3.89. The van der Waals surface area contributed by atoms with Gasteiger partial charge in [0.1, 0.15) is 23.2 Å². The van der Waals surface area contributed by atoms with Crippen LogP contribution in [0, 0.1) is 11.2 Å². The number of halogens is 1. The van der Waals surface area contributed by atoms with Crippen molar-refractivity contribution in [2.75, 3.05) is 41.7 Å². The highest BCUT2D eigenvalue weighted by Gasteiger charge is 2.39. The van der Waals surface area contributed by atoms with Gasteiger partial charge >= 0.3 is 5.69 Å². The molecule has 1 unspecified atom stereocenters. The summed E-state index contributed by atoms with van der Waals surface area (Å²) in [5.74, 6) is -0.973. The highest BCUT2D eigenvalue weighted by Crippen LogP contribution is 2.44. The molecular weight excluding hydrogens is 489 g/mol. The molecule has 5 heterocycles. The number of hydrogen-bond acceptors (Lipinski definition) is 7. The van der Waals surface area contributed by atoms with E-state index in [-0.39, 0.29) is 29.7 Å². The smallest absolute Gasteiger partial charge is 0.329 e. The number of fused-ring (bicyclic) bond motifs is 1. The van der Waals surface area contributed by atoms with Gasteiger partial charge in [0.05, 0.1) is 23.1 Å². The summed E-state index contributed by atoms with van der Waals surface area (Å²) >= 11 is 0. The maximum absolute atomic E-state index is 15.2. The molecule has 200 valence electrons. The van der Waals surface area contributed by atoms with E-state index in [2.05, 4.69) is 20.1 Å². The van der Waals surface area contributed by atoms with Crippen molar-refractivity contribution < 1.29 is 14.0 Å². The fourth-order valence-electron chi connectivity index (χ4n) is 6.48. The second-order valence-electron chi connectivity index (χ2n) is 10.9. The molecule has 1 atom stereocenters. The molecule has 0 saturated carbocycles. The molecule has 1 aromatic carbocycles. The zero-order valence-electron chi connectivity index (χ0n) is 21.5. The van der Waals surface area contributed by atoms with E-state index < -0.39 is 23.5 Å². The molecule has 11 heteroatoms. The van der Waals surface area contributed by atoms with Crippen molar-refractivity contribution in [3.63, 3.8) is 0 Å². The number of nitrogen functional groups attached to an aromatic ring is 1. The first-order valence-electron chi connectivity index (χ1n) is 13.2. The number of carbonyl (C=O) groups is 2. The maximum Gasteiger partial charge on any atom is 0.329 e. The molecule has 3 aliphatic heterocycles. The number of aryl methyl sites for hydroxylation is 1. The standard InChI is InChI=1S/C27H32FN7O3/c1-32-24-19(4-3-18(28)23(24)35(26(32)38)20-5-7-22(36)31-25(20)37)34-14-10-27(11-15-34)8-12-33(13-9-27)17-2-6-21(29)30-16-17/h2-4,6,16,20H,5,7-15H2,1H3,(H2,29,30)(H,31,36,37). The van der Waals surface area contributed by atoms with E-state index in [1.165, 1.54) is 15.2 Å². The summed E-state index contributed by atoms with van der Waals surface area (Å²) in [5, 5.41) is 2.28.